The number of piperidine rings is 1. The molecule has 1 saturated heterocycles. The highest BCUT2D eigenvalue weighted by atomic mass is 32.2. The van der Waals surface area contributed by atoms with Gasteiger partial charge in [-0.3, -0.25) is 4.79 Å². The summed E-state index contributed by atoms with van der Waals surface area (Å²) in [7, 11) is -3.49. The van der Waals surface area contributed by atoms with Gasteiger partial charge in [-0.1, -0.05) is 18.9 Å². The predicted molar refractivity (Wildman–Crippen MR) is 97.6 cm³/mol. The van der Waals surface area contributed by atoms with Gasteiger partial charge in [0, 0.05) is 24.7 Å². The molecule has 1 aromatic carbocycles. The Morgan fingerprint density at radius 3 is 2.64 bits per heavy atom. The van der Waals surface area contributed by atoms with Gasteiger partial charge in [-0.05, 0) is 56.3 Å². The Morgan fingerprint density at radius 2 is 1.92 bits per heavy atom. The van der Waals surface area contributed by atoms with E-state index in [1.54, 1.807) is 28.6 Å². The van der Waals surface area contributed by atoms with Crippen LogP contribution in [0.4, 0.5) is 5.69 Å². The zero-order chi connectivity index (χ0) is 17.9. The first-order valence-electron chi connectivity index (χ1n) is 9.13. The Kier molecular flexibility index (Phi) is 5.76. The molecule has 0 spiro atoms. The van der Waals surface area contributed by atoms with E-state index in [2.05, 4.69) is 5.32 Å². The van der Waals surface area contributed by atoms with Crippen LogP contribution in [0.5, 0.6) is 0 Å². The standard InChI is InChI=1S/C18H27N3O3S/c19-13-14-6-4-9-17(14)18(22)20-15-7-5-8-16(12-15)25(23,24)21-10-2-1-3-11-21/h5,7-8,12,14,17H,1-4,6,9-11,13,19H2,(H,20,22)/t14-,17-/m1/s1. The predicted octanol–water partition coefficient (Wildman–Crippen LogP) is 2.17. The maximum absolute atomic E-state index is 12.8. The van der Waals surface area contributed by atoms with Crippen molar-refractivity contribution in [1.82, 2.24) is 4.31 Å². The maximum atomic E-state index is 12.8. The highest BCUT2D eigenvalue weighted by Gasteiger charge is 2.32. The second kappa shape index (κ2) is 7.85. The molecule has 25 heavy (non-hydrogen) atoms. The lowest BCUT2D eigenvalue weighted by molar-refractivity contribution is -0.120. The molecule has 3 N–H and O–H groups in total. The van der Waals surface area contributed by atoms with Crippen LogP contribution in [0.2, 0.25) is 0 Å². The van der Waals surface area contributed by atoms with Crippen LogP contribution in [0.15, 0.2) is 29.2 Å². The smallest absolute Gasteiger partial charge is 0.243 e. The molecule has 2 aliphatic rings. The molecule has 1 saturated carbocycles. The topological polar surface area (TPSA) is 92.5 Å². The maximum Gasteiger partial charge on any atom is 0.243 e. The molecule has 6 nitrogen and oxygen atoms in total. The molecule has 138 valence electrons. The number of hydrogen-bond donors (Lipinski definition) is 2. The summed E-state index contributed by atoms with van der Waals surface area (Å²) in [6, 6.07) is 6.58. The van der Waals surface area contributed by atoms with E-state index in [1.165, 1.54) is 0 Å². The van der Waals surface area contributed by atoms with Crippen LogP contribution in [-0.4, -0.2) is 38.3 Å². The second-order valence-electron chi connectivity index (χ2n) is 7.02. The quantitative estimate of drug-likeness (QED) is 0.836. The first-order valence-corrected chi connectivity index (χ1v) is 10.6. The molecular formula is C18H27N3O3S. The van der Waals surface area contributed by atoms with Crippen LogP contribution in [0, 0.1) is 11.8 Å². The molecule has 3 rings (SSSR count). The number of nitrogens with zero attached hydrogens (tertiary/aromatic N) is 1. The lowest BCUT2D eigenvalue weighted by Gasteiger charge is -2.26. The fourth-order valence-electron chi connectivity index (χ4n) is 3.89. The first-order chi connectivity index (χ1) is 12.0. The van der Waals surface area contributed by atoms with Crippen LogP contribution < -0.4 is 11.1 Å². The van der Waals surface area contributed by atoms with Crippen molar-refractivity contribution in [1.29, 1.82) is 0 Å². The lowest BCUT2D eigenvalue weighted by atomic mass is 9.95. The summed E-state index contributed by atoms with van der Waals surface area (Å²) in [6.45, 7) is 1.65. The molecule has 1 aromatic rings. The number of hydrogen-bond acceptors (Lipinski definition) is 4. The third-order valence-corrected chi connectivity index (χ3v) is 7.25. The van der Waals surface area contributed by atoms with Gasteiger partial charge in [0.05, 0.1) is 4.90 Å². The number of sulfonamides is 1. The van der Waals surface area contributed by atoms with E-state index in [-0.39, 0.29) is 22.6 Å². The fourth-order valence-corrected chi connectivity index (χ4v) is 5.45. The Bertz CT molecular complexity index is 714. The van der Waals surface area contributed by atoms with Crippen LogP contribution in [0.1, 0.15) is 38.5 Å². The molecule has 2 atom stereocenters. The molecule has 1 amide bonds. The van der Waals surface area contributed by atoms with Crippen molar-refractivity contribution in [3.8, 4) is 0 Å². The Hall–Kier alpha value is -1.44. The Balaban J connectivity index is 1.74. The van der Waals surface area contributed by atoms with E-state index in [0.29, 0.717) is 25.3 Å². The number of nitrogens with two attached hydrogens (primary N) is 1. The van der Waals surface area contributed by atoms with Gasteiger partial charge in [-0.25, -0.2) is 8.42 Å². The molecule has 2 fully saturated rings. The number of amides is 1. The lowest BCUT2D eigenvalue weighted by Crippen LogP contribution is -2.35. The Morgan fingerprint density at radius 1 is 1.16 bits per heavy atom. The van der Waals surface area contributed by atoms with E-state index in [1.807, 2.05) is 0 Å². The van der Waals surface area contributed by atoms with Gasteiger partial charge in [-0.15, -0.1) is 0 Å². The Labute approximate surface area is 149 Å². The number of anilines is 1. The molecular weight excluding hydrogens is 338 g/mol. The van der Waals surface area contributed by atoms with Gasteiger partial charge < -0.3 is 11.1 Å². The average Bonchev–Trinajstić information content (AvgIpc) is 3.11. The van der Waals surface area contributed by atoms with Crippen LogP contribution >= 0.6 is 0 Å². The minimum Gasteiger partial charge on any atom is -0.330 e. The molecule has 0 aromatic heterocycles. The van der Waals surface area contributed by atoms with Crippen molar-refractivity contribution in [2.75, 3.05) is 25.0 Å². The first kappa shape index (κ1) is 18.4. The number of nitrogens with one attached hydrogen (secondary N) is 1. The van der Waals surface area contributed by atoms with Crippen molar-refractivity contribution in [2.24, 2.45) is 17.6 Å². The van der Waals surface area contributed by atoms with Gasteiger partial charge in [-0.2, -0.15) is 4.31 Å². The zero-order valence-electron chi connectivity index (χ0n) is 14.5. The van der Waals surface area contributed by atoms with E-state index in [0.717, 1.165) is 38.5 Å². The third kappa shape index (κ3) is 4.04. The van der Waals surface area contributed by atoms with Crippen LogP contribution in [0.3, 0.4) is 0 Å². The molecule has 1 heterocycles. The third-order valence-electron chi connectivity index (χ3n) is 5.35. The van der Waals surface area contributed by atoms with Gasteiger partial charge >= 0.3 is 0 Å². The highest BCUT2D eigenvalue weighted by Crippen LogP contribution is 2.32. The average molecular weight is 365 g/mol. The summed E-state index contributed by atoms with van der Waals surface area (Å²) in [5.41, 5.74) is 6.29. The van der Waals surface area contributed by atoms with Gasteiger partial charge in [0.25, 0.3) is 0 Å². The molecule has 1 aliphatic carbocycles. The summed E-state index contributed by atoms with van der Waals surface area (Å²) in [4.78, 5) is 12.8. The summed E-state index contributed by atoms with van der Waals surface area (Å²) in [6.07, 6.45) is 5.72. The summed E-state index contributed by atoms with van der Waals surface area (Å²) >= 11 is 0. The van der Waals surface area contributed by atoms with Crippen LogP contribution in [-0.2, 0) is 14.8 Å². The van der Waals surface area contributed by atoms with Gasteiger partial charge in [0.2, 0.25) is 15.9 Å². The highest BCUT2D eigenvalue weighted by molar-refractivity contribution is 7.89. The zero-order valence-corrected chi connectivity index (χ0v) is 15.3. The monoisotopic (exact) mass is 365 g/mol. The minimum atomic E-state index is -3.49. The van der Waals surface area contributed by atoms with Gasteiger partial charge in [0.15, 0.2) is 0 Å². The summed E-state index contributed by atoms with van der Waals surface area (Å²) < 4.78 is 27.1. The fraction of sp³-hybridized carbons (Fsp3) is 0.611. The second-order valence-corrected chi connectivity index (χ2v) is 8.95. The number of benzene rings is 1. The van der Waals surface area contributed by atoms with E-state index in [9.17, 15) is 13.2 Å². The largest absolute Gasteiger partial charge is 0.330 e. The number of rotatable bonds is 5. The molecule has 1 aliphatic heterocycles. The molecule has 0 bridgehead atoms. The number of carbonyl (C=O) groups excluding carboxylic acids is 1. The van der Waals surface area contributed by atoms with Crippen molar-refractivity contribution >= 4 is 21.6 Å². The summed E-state index contributed by atoms with van der Waals surface area (Å²) in [5, 5.41) is 2.89. The molecule has 7 heteroatoms. The molecule has 0 radical (unpaired) electrons. The minimum absolute atomic E-state index is 0.0551. The van der Waals surface area contributed by atoms with Crippen molar-refractivity contribution in [3.05, 3.63) is 24.3 Å². The van der Waals surface area contributed by atoms with Crippen molar-refractivity contribution in [2.45, 2.75) is 43.4 Å². The normalized spacial score (nSPS) is 25.0. The van der Waals surface area contributed by atoms with Crippen LogP contribution in [0.25, 0.3) is 0 Å². The van der Waals surface area contributed by atoms with Gasteiger partial charge in [0.1, 0.15) is 0 Å². The van der Waals surface area contributed by atoms with Crippen molar-refractivity contribution < 1.29 is 13.2 Å². The summed E-state index contributed by atoms with van der Waals surface area (Å²) in [5.74, 6) is 0.0908. The number of carbonyl (C=O) groups is 1. The van der Waals surface area contributed by atoms with Crippen molar-refractivity contribution in [3.63, 3.8) is 0 Å². The van der Waals surface area contributed by atoms with E-state index >= 15 is 0 Å². The van der Waals surface area contributed by atoms with E-state index in [4.69, 9.17) is 5.73 Å². The SMILES string of the molecule is NC[C@H]1CCC[C@H]1C(=O)Nc1cccc(S(=O)(=O)N2CCCCC2)c1. The van der Waals surface area contributed by atoms with E-state index < -0.39 is 10.0 Å². The molecule has 0 unspecified atom stereocenters.